The Balaban J connectivity index is 1.95. The molecule has 5 nitrogen and oxygen atoms in total. The van der Waals surface area contributed by atoms with Gasteiger partial charge in [0.05, 0.1) is 6.54 Å². The van der Waals surface area contributed by atoms with E-state index < -0.39 is 0 Å². The van der Waals surface area contributed by atoms with Gasteiger partial charge < -0.3 is 9.80 Å². The highest BCUT2D eigenvalue weighted by Gasteiger charge is 2.17. The first-order valence-electron chi connectivity index (χ1n) is 8.59. The number of anilines is 1. The fourth-order valence-corrected chi connectivity index (χ4v) is 3.30. The minimum absolute atomic E-state index is 0.139. The maximum Gasteiger partial charge on any atom is 0.242 e. The molecule has 0 saturated heterocycles. The number of nitrogens with zero attached hydrogens (tertiary/aromatic N) is 4. The van der Waals surface area contributed by atoms with E-state index in [0.29, 0.717) is 13.0 Å². The Bertz CT molecular complexity index is 668. The van der Waals surface area contributed by atoms with Gasteiger partial charge in [0.25, 0.3) is 0 Å². The standard InChI is InChI=1S/C18H25ClN4OS/c1-4-10-23(11-5-2)17(24)13-22(3)18-20-16(21-25-18)12-14-6-8-15(19)9-7-14/h6-9H,4-5,10-13H2,1-3H3. The van der Waals surface area contributed by atoms with Crippen LogP contribution in [0.3, 0.4) is 0 Å². The van der Waals surface area contributed by atoms with Gasteiger partial charge in [-0.2, -0.15) is 4.37 Å². The molecule has 0 unspecified atom stereocenters. The lowest BCUT2D eigenvalue weighted by Crippen LogP contribution is -2.39. The highest BCUT2D eigenvalue weighted by molar-refractivity contribution is 7.09. The molecule has 0 aliphatic rings. The molecule has 1 aromatic carbocycles. The predicted molar refractivity (Wildman–Crippen MR) is 105 cm³/mol. The largest absolute Gasteiger partial charge is 0.341 e. The molecule has 0 spiro atoms. The molecular formula is C18H25ClN4OS. The summed E-state index contributed by atoms with van der Waals surface area (Å²) < 4.78 is 4.41. The zero-order valence-electron chi connectivity index (χ0n) is 15.0. The Kier molecular flexibility index (Phi) is 7.65. The van der Waals surface area contributed by atoms with Gasteiger partial charge in [-0.05, 0) is 30.5 Å². The summed E-state index contributed by atoms with van der Waals surface area (Å²) in [6.45, 7) is 6.12. The second-order valence-electron chi connectivity index (χ2n) is 6.03. The number of halogens is 1. The molecule has 136 valence electrons. The fraction of sp³-hybridized carbons (Fsp3) is 0.500. The van der Waals surface area contributed by atoms with E-state index in [0.717, 1.165) is 47.5 Å². The van der Waals surface area contributed by atoms with Crippen LogP contribution in [-0.4, -0.2) is 46.8 Å². The van der Waals surface area contributed by atoms with Crippen LogP contribution in [0.5, 0.6) is 0 Å². The van der Waals surface area contributed by atoms with Crippen LogP contribution < -0.4 is 4.90 Å². The predicted octanol–water partition coefficient (Wildman–Crippen LogP) is 3.87. The Morgan fingerprint density at radius 2 is 1.80 bits per heavy atom. The Morgan fingerprint density at radius 1 is 1.16 bits per heavy atom. The van der Waals surface area contributed by atoms with E-state index in [1.165, 1.54) is 11.5 Å². The van der Waals surface area contributed by atoms with Crippen LogP contribution in [0.25, 0.3) is 0 Å². The number of carbonyl (C=O) groups excluding carboxylic acids is 1. The third kappa shape index (κ3) is 5.97. The number of carbonyl (C=O) groups is 1. The van der Waals surface area contributed by atoms with Gasteiger partial charge in [-0.25, -0.2) is 4.98 Å². The van der Waals surface area contributed by atoms with E-state index in [9.17, 15) is 4.79 Å². The number of rotatable bonds is 9. The van der Waals surface area contributed by atoms with Crippen LogP contribution in [0.15, 0.2) is 24.3 Å². The van der Waals surface area contributed by atoms with Crippen LogP contribution in [0, 0.1) is 0 Å². The molecule has 2 rings (SSSR count). The van der Waals surface area contributed by atoms with Crippen LogP contribution in [-0.2, 0) is 11.2 Å². The monoisotopic (exact) mass is 380 g/mol. The van der Waals surface area contributed by atoms with Crippen molar-refractivity contribution >= 4 is 34.2 Å². The number of amides is 1. The molecule has 1 aromatic heterocycles. The van der Waals surface area contributed by atoms with E-state index in [2.05, 4.69) is 23.2 Å². The first-order valence-corrected chi connectivity index (χ1v) is 9.74. The normalized spacial score (nSPS) is 10.7. The summed E-state index contributed by atoms with van der Waals surface area (Å²) in [6.07, 6.45) is 2.60. The summed E-state index contributed by atoms with van der Waals surface area (Å²) in [5.41, 5.74) is 1.12. The maximum atomic E-state index is 12.5. The molecule has 0 radical (unpaired) electrons. The third-order valence-corrected chi connectivity index (χ3v) is 4.89. The molecule has 0 saturated carbocycles. The highest BCUT2D eigenvalue weighted by atomic mass is 35.5. The average molecular weight is 381 g/mol. The topological polar surface area (TPSA) is 49.3 Å². The highest BCUT2D eigenvalue weighted by Crippen LogP contribution is 2.19. The minimum atomic E-state index is 0.139. The molecule has 0 aliphatic carbocycles. The summed E-state index contributed by atoms with van der Waals surface area (Å²) in [5.74, 6) is 0.904. The Hall–Kier alpha value is -1.66. The zero-order chi connectivity index (χ0) is 18.2. The maximum absolute atomic E-state index is 12.5. The van der Waals surface area contributed by atoms with Crippen LogP contribution >= 0.6 is 23.1 Å². The van der Waals surface area contributed by atoms with Crippen molar-refractivity contribution in [3.63, 3.8) is 0 Å². The molecule has 1 heterocycles. The van der Waals surface area contributed by atoms with Gasteiger partial charge >= 0.3 is 0 Å². The SMILES string of the molecule is CCCN(CCC)C(=O)CN(C)c1nc(Cc2ccc(Cl)cc2)ns1. The van der Waals surface area contributed by atoms with Crippen molar-refractivity contribution in [3.8, 4) is 0 Å². The Morgan fingerprint density at radius 3 is 2.40 bits per heavy atom. The van der Waals surface area contributed by atoms with E-state index in [1.807, 2.05) is 41.1 Å². The quantitative estimate of drug-likeness (QED) is 0.662. The molecule has 0 bridgehead atoms. The number of likely N-dealkylation sites (N-methyl/N-ethyl adjacent to an activating group) is 1. The van der Waals surface area contributed by atoms with Gasteiger partial charge in [-0.15, -0.1) is 0 Å². The summed E-state index contributed by atoms with van der Waals surface area (Å²) in [6, 6.07) is 7.68. The lowest BCUT2D eigenvalue weighted by Gasteiger charge is -2.24. The number of hydrogen-bond acceptors (Lipinski definition) is 5. The smallest absolute Gasteiger partial charge is 0.242 e. The van der Waals surface area contributed by atoms with Crippen molar-refractivity contribution < 1.29 is 4.79 Å². The van der Waals surface area contributed by atoms with E-state index in [1.54, 1.807) is 0 Å². The lowest BCUT2D eigenvalue weighted by atomic mass is 10.1. The second-order valence-corrected chi connectivity index (χ2v) is 7.20. The zero-order valence-corrected chi connectivity index (χ0v) is 16.6. The number of aromatic nitrogens is 2. The van der Waals surface area contributed by atoms with Crippen molar-refractivity contribution in [1.82, 2.24) is 14.3 Å². The van der Waals surface area contributed by atoms with E-state index in [4.69, 9.17) is 11.6 Å². The number of hydrogen-bond donors (Lipinski definition) is 0. The van der Waals surface area contributed by atoms with Gasteiger partial charge in [0.1, 0.15) is 5.82 Å². The number of benzene rings is 1. The van der Waals surface area contributed by atoms with Gasteiger partial charge in [0.2, 0.25) is 11.0 Å². The Labute approximate surface area is 158 Å². The summed E-state index contributed by atoms with van der Waals surface area (Å²) in [4.78, 5) is 20.8. The lowest BCUT2D eigenvalue weighted by molar-refractivity contribution is -0.129. The molecule has 0 N–H and O–H groups in total. The average Bonchev–Trinajstić information content (AvgIpc) is 3.05. The summed E-state index contributed by atoms with van der Waals surface area (Å²) >= 11 is 7.24. The van der Waals surface area contributed by atoms with Crippen molar-refractivity contribution in [1.29, 1.82) is 0 Å². The van der Waals surface area contributed by atoms with Gasteiger partial charge in [0.15, 0.2) is 0 Å². The molecule has 0 aliphatic heterocycles. The van der Waals surface area contributed by atoms with E-state index >= 15 is 0 Å². The fourth-order valence-electron chi connectivity index (χ4n) is 2.53. The molecular weight excluding hydrogens is 356 g/mol. The van der Waals surface area contributed by atoms with Crippen molar-refractivity contribution in [2.75, 3.05) is 31.6 Å². The van der Waals surface area contributed by atoms with Crippen LogP contribution in [0.2, 0.25) is 5.02 Å². The molecule has 0 atom stereocenters. The van der Waals surface area contributed by atoms with Crippen molar-refractivity contribution in [3.05, 3.63) is 40.7 Å². The molecule has 2 aromatic rings. The molecule has 25 heavy (non-hydrogen) atoms. The first kappa shape index (κ1) is 19.7. The molecule has 1 amide bonds. The van der Waals surface area contributed by atoms with Gasteiger partial charge in [0, 0.05) is 43.1 Å². The van der Waals surface area contributed by atoms with Crippen LogP contribution in [0.1, 0.15) is 38.1 Å². The molecule has 7 heteroatoms. The van der Waals surface area contributed by atoms with Gasteiger partial charge in [-0.3, -0.25) is 4.79 Å². The van der Waals surface area contributed by atoms with E-state index in [-0.39, 0.29) is 5.91 Å². The van der Waals surface area contributed by atoms with Crippen molar-refractivity contribution in [2.24, 2.45) is 0 Å². The minimum Gasteiger partial charge on any atom is -0.341 e. The van der Waals surface area contributed by atoms with Crippen LogP contribution in [0.4, 0.5) is 5.13 Å². The summed E-state index contributed by atoms with van der Waals surface area (Å²) in [5, 5.41) is 1.49. The molecule has 0 fully saturated rings. The van der Waals surface area contributed by atoms with Gasteiger partial charge in [-0.1, -0.05) is 37.6 Å². The summed E-state index contributed by atoms with van der Waals surface area (Å²) in [7, 11) is 1.89. The first-order chi connectivity index (χ1) is 12.0. The third-order valence-electron chi connectivity index (χ3n) is 3.77. The second kappa shape index (κ2) is 9.73. The van der Waals surface area contributed by atoms with Crippen molar-refractivity contribution in [2.45, 2.75) is 33.1 Å².